The number of nitrogens with one attached hydrogen (secondary N) is 1. The van der Waals surface area contributed by atoms with Crippen LogP contribution in [0.25, 0.3) is 32.9 Å². The summed E-state index contributed by atoms with van der Waals surface area (Å²) in [5.41, 5.74) is 1.21. The van der Waals surface area contributed by atoms with Crippen molar-refractivity contribution in [2.45, 2.75) is 31.2 Å². The van der Waals surface area contributed by atoms with E-state index < -0.39 is 5.82 Å². The van der Waals surface area contributed by atoms with Crippen molar-refractivity contribution in [3.63, 3.8) is 0 Å². The van der Waals surface area contributed by atoms with Crippen LogP contribution in [0.15, 0.2) is 42.6 Å². The molecule has 8 rings (SSSR count). The molecular formula is C30H31FN6O2. The number of benzene rings is 2. The van der Waals surface area contributed by atoms with Gasteiger partial charge in [-0.15, -0.1) is 0 Å². The standard InChI is InChI=1S/C30H31FN6O2/c31-24-25(22-12-20(38)11-19-5-1-2-6-21(19)22)33-13-23-26(24)34-28(35-27(23)36-16-29(17-36)14-32-15-29)39-18-30-7-3-9-37(30)10-4-8-30/h1-2,5-6,11-13,32,38H,3-4,7-10,14-18H2. The largest absolute Gasteiger partial charge is 0.508 e. The van der Waals surface area contributed by atoms with Crippen molar-refractivity contribution in [2.24, 2.45) is 5.41 Å². The summed E-state index contributed by atoms with van der Waals surface area (Å²) in [5.74, 6) is 0.214. The van der Waals surface area contributed by atoms with Gasteiger partial charge >= 0.3 is 6.01 Å². The molecule has 0 unspecified atom stereocenters. The first-order valence-electron chi connectivity index (χ1n) is 13.9. The van der Waals surface area contributed by atoms with Crippen LogP contribution in [-0.4, -0.2) is 76.4 Å². The summed E-state index contributed by atoms with van der Waals surface area (Å²) >= 11 is 0. The fraction of sp³-hybridized carbons (Fsp3) is 0.433. The van der Waals surface area contributed by atoms with E-state index in [1.54, 1.807) is 18.3 Å². The number of phenols is 1. The zero-order chi connectivity index (χ0) is 26.2. The number of aromatic nitrogens is 3. The number of aromatic hydroxyl groups is 1. The average Bonchev–Trinajstić information content (AvgIpc) is 3.46. The first kappa shape index (κ1) is 23.3. The highest BCUT2D eigenvalue weighted by Crippen LogP contribution is 2.42. The Bertz CT molecular complexity index is 1600. The van der Waals surface area contributed by atoms with Crippen LogP contribution in [0.5, 0.6) is 11.8 Å². The number of fused-ring (bicyclic) bond motifs is 3. The van der Waals surface area contributed by atoms with Crippen LogP contribution in [0.4, 0.5) is 10.2 Å². The number of hydrogen-bond donors (Lipinski definition) is 2. The number of halogens is 1. The Balaban J connectivity index is 1.23. The molecule has 2 aromatic carbocycles. The molecule has 1 spiro atoms. The summed E-state index contributed by atoms with van der Waals surface area (Å²) in [6, 6.07) is 11.1. The predicted molar refractivity (Wildman–Crippen MR) is 148 cm³/mol. The van der Waals surface area contributed by atoms with E-state index in [0.29, 0.717) is 23.4 Å². The second-order valence-electron chi connectivity index (χ2n) is 11.9. The molecular weight excluding hydrogens is 495 g/mol. The third-order valence-electron chi connectivity index (χ3n) is 9.38. The summed E-state index contributed by atoms with van der Waals surface area (Å²) < 4.78 is 22.7. The first-order valence-corrected chi connectivity index (χ1v) is 13.9. The van der Waals surface area contributed by atoms with Gasteiger partial charge in [-0.2, -0.15) is 9.97 Å². The normalized spacial score (nSPS) is 21.3. The summed E-state index contributed by atoms with van der Waals surface area (Å²) in [6.45, 7) is 6.46. The quantitative estimate of drug-likeness (QED) is 0.402. The number of pyridine rings is 1. The number of rotatable bonds is 5. The van der Waals surface area contributed by atoms with Crippen LogP contribution in [0.2, 0.25) is 0 Å². The Morgan fingerprint density at radius 3 is 2.59 bits per heavy atom. The molecule has 4 saturated heterocycles. The number of nitrogens with zero attached hydrogens (tertiary/aromatic N) is 5. The fourth-order valence-corrected chi connectivity index (χ4v) is 7.28. The van der Waals surface area contributed by atoms with Gasteiger partial charge in [0.2, 0.25) is 0 Å². The van der Waals surface area contributed by atoms with E-state index in [0.717, 1.165) is 62.9 Å². The molecule has 0 radical (unpaired) electrons. The van der Waals surface area contributed by atoms with E-state index in [2.05, 4.69) is 25.1 Å². The second-order valence-corrected chi connectivity index (χ2v) is 11.9. The molecule has 2 N–H and O–H groups in total. The van der Waals surface area contributed by atoms with Crippen molar-refractivity contribution >= 4 is 27.5 Å². The van der Waals surface area contributed by atoms with Crippen LogP contribution < -0.4 is 15.0 Å². The Morgan fingerprint density at radius 1 is 1.03 bits per heavy atom. The van der Waals surface area contributed by atoms with E-state index in [9.17, 15) is 5.11 Å². The topological polar surface area (TPSA) is 86.6 Å². The Morgan fingerprint density at radius 2 is 1.82 bits per heavy atom. The lowest BCUT2D eigenvalue weighted by atomic mass is 9.74. The maximum atomic E-state index is 16.4. The molecule has 0 bridgehead atoms. The summed E-state index contributed by atoms with van der Waals surface area (Å²) in [6.07, 6.45) is 6.26. The molecule has 0 saturated carbocycles. The smallest absolute Gasteiger partial charge is 0.319 e. The molecule has 4 aliphatic rings. The molecule has 0 aliphatic carbocycles. The lowest BCUT2D eigenvalue weighted by molar-refractivity contribution is 0.106. The van der Waals surface area contributed by atoms with Crippen LogP contribution in [0.3, 0.4) is 0 Å². The van der Waals surface area contributed by atoms with Crippen molar-refractivity contribution < 1.29 is 14.2 Å². The Labute approximate surface area is 225 Å². The molecule has 4 fully saturated rings. The van der Waals surface area contributed by atoms with Gasteiger partial charge in [0.25, 0.3) is 0 Å². The van der Waals surface area contributed by atoms with Crippen molar-refractivity contribution in [1.82, 2.24) is 25.2 Å². The highest BCUT2D eigenvalue weighted by atomic mass is 19.1. The van der Waals surface area contributed by atoms with Gasteiger partial charge in [0, 0.05) is 43.4 Å². The van der Waals surface area contributed by atoms with Crippen molar-refractivity contribution in [3.8, 4) is 23.0 Å². The summed E-state index contributed by atoms with van der Waals surface area (Å²) in [4.78, 5) is 18.8. The number of phenolic OH excluding ortho intramolecular Hbond substituents is 1. The third-order valence-corrected chi connectivity index (χ3v) is 9.38. The SMILES string of the molecule is Oc1cc(-c2ncc3c(N4CC5(CNC5)C4)nc(OCC45CCCN4CCC5)nc3c2F)c2ccccc2c1. The Hall–Kier alpha value is -3.56. The number of hydrogen-bond acceptors (Lipinski definition) is 8. The van der Waals surface area contributed by atoms with E-state index in [-0.39, 0.29) is 33.9 Å². The van der Waals surface area contributed by atoms with Crippen LogP contribution in [0, 0.1) is 11.2 Å². The number of anilines is 1. The molecule has 9 heteroatoms. The van der Waals surface area contributed by atoms with Gasteiger partial charge in [-0.1, -0.05) is 24.3 Å². The lowest BCUT2D eigenvalue weighted by Gasteiger charge is -2.56. The molecule has 39 heavy (non-hydrogen) atoms. The van der Waals surface area contributed by atoms with E-state index >= 15 is 4.39 Å². The molecule has 0 atom stereocenters. The zero-order valence-electron chi connectivity index (χ0n) is 21.8. The minimum absolute atomic E-state index is 0.0410. The van der Waals surface area contributed by atoms with Gasteiger partial charge in [-0.05, 0) is 61.7 Å². The molecule has 200 valence electrons. The minimum Gasteiger partial charge on any atom is -0.508 e. The first-order chi connectivity index (χ1) is 19.0. The molecule has 2 aromatic heterocycles. The summed E-state index contributed by atoms with van der Waals surface area (Å²) in [5, 5.41) is 16.0. The monoisotopic (exact) mass is 526 g/mol. The van der Waals surface area contributed by atoms with E-state index in [1.807, 2.05) is 24.3 Å². The van der Waals surface area contributed by atoms with Gasteiger partial charge in [0.15, 0.2) is 5.82 Å². The van der Waals surface area contributed by atoms with Gasteiger partial charge < -0.3 is 20.1 Å². The van der Waals surface area contributed by atoms with Crippen molar-refractivity contribution in [2.75, 3.05) is 50.8 Å². The average molecular weight is 527 g/mol. The van der Waals surface area contributed by atoms with E-state index in [4.69, 9.17) is 9.72 Å². The maximum absolute atomic E-state index is 16.4. The van der Waals surface area contributed by atoms with E-state index in [1.165, 1.54) is 12.8 Å². The van der Waals surface area contributed by atoms with Crippen molar-refractivity contribution in [1.29, 1.82) is 0 Å². The lowest BCUT2D eigenvalue weighted by Crippen LogP contribution is -2.71. The molecule has 4 aromatic rings. The van der Waals surface area contributed by atoms with Crippen LogP contribution >= 0.6 is 0 Å². The summed E-state index contributed by atoms with van der Waals surface area (Å²) in [7, 11) is 0. The van der Waals surface area contributed by atoms with Gasteiger partial charge in [-0.25, -0.2) is 4.39 Å². The predicted octanol–water partition coefficient (Wildman–Crippen LogP) is 4.11. The maximum Gasteiger partial charge on any atom is 0.319 e. The van der Waals surface area contributed by atoms with Crippen LogP contribution in [-0.2, 0) is 0 Å². The van der Waals surface area contributed by atoms with Gasteiger partial charge in [0.05, 0.1) is 10.9 Å². The van der Waals surface area contributed by atoms with Gasteiger partial charge in [0.1, 0.15) is 29.4 Å². The number of ether oxygens (including phenoxy) is 1. The highest BCUT2D eigenvalue weighted by molar-refractivity contribution is 6.00. The van der Waals surface area contributed by atoms with Crippen molar-refractivity contribution in [3.05, 3.63) is 48.4 Å². The highest BCUT2D eigenvalue weighted by Gasteiger charge is 2.49. The fourth-order valence-electron chi connectivity index (χ4n) is 7.28. The Kier molecular flexibility index (Phi) is 5.07. The molecule has 0 amide bonds. The van der Waals surface area contributed by atoms with Crippen LogP contribution in [0.1, 0.15) is 25.7 Å². The second kappa shape index (κ2) is 8.47. The minimum atomic E-state index is -0.529. The zero-order valence-corrected chi connectivity index (χ0v) is 21.8. The molecule has 4 aliphatic heterocycles. The van der Waals surface area contributed by atoms with Gasteiger partial charge in [-0.3, -0.25) is 9.88 Å². The third kappa shape index (κ3) is 3.59. The molecule has 6 heterocycles. The molecule has 8 nitrogen and oxygen atoms in total.